The van der Waals surface area contributed by atoms with Gasteiger partial charge in [0.1, 0.15) is 30.8 Å². The topological polar surface area (TPSA) is 206 Å². The number of rotatable bonds is 7. The molecule has 0 aliphatic carbocycles. The van der Waals surface area contributed by atoms with Gasteiger partial charge in [0, 0.05) is 12.4 Å². The fourth-order valence-electron chi connectivity index (χ4n) is 5.64. The Bertz CT molecular complexity index is 2360. The first-order valence-electron chi connectivity index (χ1n) is 17.6. The van der Waals surface area contributed by atoms with Crippen LogP contribution in [0.5, 0.6) is 11.5 Å². The summed E-state index contributed by atoms with van der Waals surface area (Å²) in [6, 6.07) is 24.3. The van der Waals surface area contributed by atoms with Crippen molar-refractivity contribution >= 4 is 35.9 Å². The summed E-state index contributed by atoms with van der Waals surface area (Å²) in [4.78, 5) is 55.0. The maximum absolute atomic E-state index is 14.2. The number of Topliss-reactive ketones (excluding diaryl/α,β-unsaturated/α-hetero) is 2. The smallest absolute Gasteiger partial charge is 0.359 e. The predicted molar refractivity (Wildman–Crippen MR) is 206 cm³/mol. The monoisotopic (exact) mass is 814 g/mol. The Labute approximate surface area is 336 Å². The van der Waals surface area contributed by atoms with Gasteiger partial charge in [0.2, 0.25) is 5.69 Å². The van der Waals surface area contributed by atoms with Crippen molar-refractivity contribution in [3.05, 3.63) is 155 Å². The zero-order chi connectivity index (χ0) is 40.3. The van der Waals surface area contributed by atoms with Crippen molar-refractivity contribution in [3.63, 3.8) is 0 Å². The lowest BCUT2D eigenvalue weighted by Crippen LogP contribution is -2.45. The molecule has 4 aromatic heterocycles. The second kappa shape index (κ2) is 19.8. The molecule has 18 heteroatoms. The number of amides is 1. The van der Waals surface area contributed by atoms with Crippen molar-refractivity contribution < 1.29 is 42.5 Å². The summed E-state index contributed by atoms with van der Waals surface area (Å²) < 4.78 is 40.9. The number of fused-ring (bicyclic) bond motifs is 2. The van der Waals surface area contributed by atoms with Crippen molar-refractivity contribution in [2.24, 2.45) is 5.73 Å². The van der Waals surface area contributed by atoms with Crippen molar-refractivity contribution in [1.82, 2.24) is 34.8 Å². The van der Waals surface area contributed by atoms with E-state index in [1.54, 1.807) is 36.7 Å². The lowest BCUT2D eigenvalue weighted by atomic mass is 10.1. The molecule has 15 nitrogen and oxygen atoms in total. The molecule has 300 valence electrons. The van der Waals surface area contributed by atoms with E-state index in [2.05, 4.69) is 25.5 Å². The van der Waals surface area contributed by atoms with E-state index in [0.29, 0.717) is 36.0 Å². The number of hydrogen-bond acceptors (Lipinski definition) is 11. The van der Waals surface area contributed by atoms with E-state index in [4.69, 9.17) is 20.3 Å². The van der Waals surface area contributed by atoms with Gasteiger partial charge in [-0.25, -0.2) is 13.6 Å². The number of aromatic nitrogens is 6. The molecule has 6 aromatic rings. The number of ketones is 2. The minimum Gasteiger partial charge on any atom is -0.490 e. The normalized spacial score (nSPS) is 15.4. The fourth-order valence-corrected chi connectivity index (χ4v) is 5.64. The van der Waals surface area contributed by atoms with E-state index in [1.807, 2.05) is 60.7 Å². The van der Waals surface area contributed by atoms with Crippen molar-refractivity contribution in [1.29, 1.82) is 0 Å². The Hall–Kier alpha value is -6.85. The maximum Gasteiger partial charge on any atom is 0.359 e. The summed E-state index contributed by atoms with van der Waals surface area (Å²) >= 11 is 0. The van der Waals surface area contributed by atoms with Gasteiger partial charge in [-0.15, -0.1) is 12.4 Å². The van der Waals surface area contributed by atoms with Gasteiger partial charge in [0.25, 0.3) is 5.91 Å². The first kappa shape index (κ1) is 42.3. The number of carboxylic acid groups (broad SMARTS) is 1. The summed E-state index contributed by atoms with van der Waals surface area (Å²) in [5, 5.41) is 18.8. The molecular formula is C40H37ClF2N8O7. The minimum atomic E-state index is -1.36. The molecule has 8 rings (SSSR count). The SMILES string of the molecule is Cl.N[C@H]1COc2cccnc2CC1=O.O=C(N[C@H]1COc2cccnc2CC1=O)c1nn(Cc2ccccc2)cc1F.O=C(O)c1nn(Cc2ccccc2)cc1F. The number of ether oxygens (including phenoxy) is 2. The number of benzene rings is 2. The summed E-state index contributed by atoms with van der Waals surface area (Å²) in [6.07, 6.45) is 5.77. The van der Waals surface area contributed by atoms with Crippen LogP contribution in [-0.2, 0) is 35.5 Å². The van der Waals surface area contributed by atoms with E-state index < -0.39 is 41.3 Å². The van der Waals surface area contributed by atoms with Crippen LogP contribution in [0.4, 0.5) is 8.78 Å². The highest BCUT2D eigenvalue weighted by Crippen LogP contribution is 2.21. The standard InChI is InChI=1S/C20H17FN4O3.C11H9FN2O2.C9H10N2O2.ClH/c21-14-11-25(10-13-5-2-1-3-6-13)24-19(14)20(27)23-16-12-28-18-7-4-8-22-15(18)9-17(16)26;12-9-7-14(13-10(9)11(15)16)6-8-4-2-1-3-5-8;10-6-5-13-9-2-1-3-11-7(9)4-8(6)12;/h1-8,11,16H,9-10,12H2,(H,23,27);1-5,7H,6H2,(H,15,16);1-3,6H,4-5,10H2;1H/t16-;;6-;/m0.0./s1. The molecule has 58 heavy (non-hydrogen) atoms. The molecule has 2 aliphatic rings. The molecule has 0 saturated carbocycles. The average Bonchev–Trinajstić information content (AvgIpc) is 3.67. The summed E-state index contributed by atoms with van der Waals surface area (Å²) in [6.45, 7) is 0.885. The average molecular weight is 815 g/mol. The molecule has 0 bridgehead atoms. The molecule has 0 spiro atoms. The van der Waals surface area contributed by atoms with Gasteiger partial charge in [-0.05, 0) is 35.4 Å². The Morgan fingerprint density at radius 2 is 1.21 bits per heavy atom. The minimum absolute atomic E-state index is 0. The Morgan fingerprint density at radius 3 is 1.72 bits per heavy atom. The van der Waals surface area contributed by atoms with Crippen LogP contribution >= 0.6 is 12.4 Å². The quantitative estimate of drug-likeness (QED) is 0.210. The maximum atomic E-state index is 14.2. The van der Waals surface area contributed by atoms with Crippen LogP contribution in [0.25, 0.3) is 0 Å². The number of carboxylic acids is 1. The number of halogens is 3. The predicted octanol–water partition coefficient (Wildman–Crippen LogP) is 3.87. The summed E-state index contributed by atoms with van der Waals surface area (Å²) in [5.74, 6) is -2.78. The van der Waals surface area contributed by atoms with Gasteiger partial charge in [0.15, 0.2) is 28.9 Å². The second-order valence-corrected chi connectivity index (χ2v) is 12.8. The van der Waals surface area contributed by atoms with E-state index in [1.165, 1.54) is 9.36 Å². The number of nitrogens with zero attached hydrogens (tertiary/aromatic N) is 6. The van der Waals surface area contributed by atoms with Crippen LogP contribution in [0, 0.1) is 11.6 Å². The van der Waals surface area contributed by atoms with E-state index in [9.17, 15) is 28.0 Å². The molecule has 0 fully saturated rings. The van der Waals surface area contributed by atoms with E-state index >= 15 is 0 Å². The van der Waals surface area contributed by atoms with Gasteiger partial charge < -0.3 is 25.6 Å². The number of nitrogens with one attached hydrogen (secondary N) is 1. The highest BCUT2D eigenvalue weighted by atomic mass is 35.5. The number of carbonyl (C=O) groups is 4. The lowest BCUT2D eigenvalue weighted by molar-refractivity contribution is -0.121. The van der Waals surface area contributed by atoms with E-state index in [-0.39, 0.29) is 55.7 Å². The molecule has 2 aromatic carbocycles. The molecule has 0 radical (unpaired) electrons. The zero-order valence-corrected chi connectivity index (χ0v) is 31.4. The lowest BCUT2D eigenvalue weighted by Gasteiger charge is -2.14. The number of aromatic carboxylic acids is 1. The van der Waals surface area contributed by atoms with Crippen LogP contribution in [-0.4, -0.2) is 83.4 Å². The number of carbonyl (C=O) groups excluding carboxylic acids is 3. The number of pyridine rings is 2. The largest absolute Gasteiger partial charge is 0.490 e. The molecular weight excluding hydrogens is 778 g/mol. The zero-order valence-electron chi connectivity index (χ0n) is 30.6. The van der Waals surface area contributed by atoms with Crippen LogP contribution in [0.3, 0.4) is 0 Å². The van der Waals surface area contributed by atoms with Gasteiger partial charge in [-0.1, -0.05) is 60.7 Å². The third-order valence-corrected chi connectivity index (χ3v) is 8.54. The number of nitrogens with two attached hydrogens (primary N) is 1. The number of hydrogen-bond donors (Lipinski definition) is 3. The molecule has 0 unspecified atom stereocenters. The van der Waals surface area contributed by atoms with Crippen molar-refractivity contribution in [2.75, 3.05) is 13.2 Å². The first-order chi connectivity index (χ1) is 27.5. The van der Waals surface area contributed by atoms with Crippen molar-refractivity contribution in [3.8, 4) is 11.5 Å². The van der Waals surface area contributed by atoms with Crippen LogP contribution in [0.2, 0.25) is 0 Å². The van der Waals surface area contributed by atoms with Crippen LogP contribution in [0.15, 0.2) is 110 Å². The van der Waals surface area contributed by atoms with Gasteiger partial charge in [-0.3, -0.25) is 33.7 Å². The Balaban J connectivity index is 0.000000181. The summed E-state index contributed by atoms with van der Waals surface area (Å²) in [5.41, 5.74) is 7.71. The van der Waals surface area contributed by atoms with Gasteiger partial charge in [0.05, 0.1) is 55.8 Å². The van der Waals surface area contributed by atoms with Gasteiger partial charge in [-0.2, -0.15) is 10.2 Å². The molecule has 2 aliphatic heterocycles. The molecule has 2 atom stereocenters. The highest BCUT2D eigenvalue weighted by molar-refractivity contribution is 5.97. The second-order valence-electron chi connectivity index (χ2n) is 12.8. The molecule has 6 heterocycles. The summed E-state index contributed by atoms with van der Waals surface area (Å²) in [7, 11) is 0. The highest BCUT2D eigenvalue weighted by Gasteiger charge is 2.29. The van der Waals surface area contributed by atoms with Gasteiger partial charge >= 0.3 is 5.97 Å². The third-order valence-electron chi connectivity index (χ3n) is 8.54. The van der Waals surface area contributed by atoms with E-state index in [0.717, 1.165) is 23.5 Å². The molecule has 0 saturated heterocycles. The van der Waals surface area contributed by atoms with Crippen LogP contribution < -0.4 is 20.5 Å². The first-order valence-corrected chi connectivity index (χ1v) is 17.6. The fraction of sp³-hybridized carbons (Fsp3) is 0.200. The third kappa shape index (κ3) is 11.1. The Kier molecular flexibility index (Phi) is 14.5. The molecule has 4 N–H and O–H groups in total. The Morgan fingerprint density at radius 1 is 0.724 bits per heavy atom. The van der Waals surface area contributed by atoms with Crippen molar-refractivity contribution in [2.45, 2.75) is 38.0 Å². The molecule has 1 amide bonds. The van der Waals surface area contributed by atoms with Crippen LogP contribution in [0.1, 0.15) is 43.5 Å².